The van der Waals surface area contributed by atoms with Crippen LogP contribution in [-0.4, -0.2) is 11.7 Å². The van der Waals surface area contributed by atoms with Gasteiger partial charge in [0.05, 0.1) is 0 Å². The van der Waals surface area contributed by atoms with E-state index < -0.39 is 0 Å². The molecular weight excluding hydrogens is 234 g/mol. The third kappa shape index (κ3) is 5.10. The minimum Gasteiger partial charge on any atom is -0.399 e. The minimum atomic E-state index is -0.102. The molecule has 0 bridgehead atoms. The molecule has 0 unspecified atom stereocenters. The number of carbonyl (C=O) groups excluding carboxylic acids is 1. The van der Waals surface area contributed by atoms with E-state index in [4.69, 9.17) is 11.6 Å². The maximum absolute atomic E-state index is 10.9. The number of nitrogens with one attached hydrogen (secondary N) is 1. The minimum absolute atomic E-state index is 0.102. The Morgan fingerprint density at radius 3 is 2.88 bits per heavy atom. The van der Waals surface area contributed by atoms with Crippen LogP contribution >= 0.6 is 11.8 Å². The Morgan fingerprint density at radius 1 is 1.41 bits per heavy atom. The Labute approximate surface area is 106 Å². The molecule has 0 radical (unpaired) electrons. The molecule has 94 valence electrons. The third-order valence-corrected chi connectivity index (χ3v) is 3.67. The van der Waals surface area contributed by atoms with E-state index in [1.54, 1.807) is 11.8 Å². The average molecular weight is 253 g/mol. The number of hydrogen-bond acceptors (Lipinski definition) is 4. The second-order valence-electron chi connectivity index (χ2n) is 3.90. The molecule has 5 heteroatoms. The van der Waals surface area contributed by atoms with Gasteiger partial charge in [-0.15, -0.1) is 11.8 Å². The highest BCUT2D eigenvalue weighted by Crippen LogP contribution is 2.25. The number of anilines is 1. The molecule has 17 heavy (non-hydrogen) atoms. The average Bonchev–Trinajstić information content (AvgIpc) is 2.32. The predicted octanol–water partition coefficient (Wildman–Crippen LogP) is 1.83. The molecule has 0 spiro atoms. The van der Waals surface area contributed by atoms with E-state index in [-0.39, 0.29) is 5.91 Å². The van der Waals surface area contributed by atoms with Crippen molar-refractivity contribution in [3.63, 3.8) is 0 Å². The van der Waals surface area contributed by atoms with Gasteiger partial charge in [0.25, 0.3) is 0 Å². The molecule has 0 saturated carbocycles. The number of nitrogen functional groups attached to an aromatic ring is 1. The van der Waals surface area contributed by atoms with Gasteiger partial charge in [-0.3, -0.25) is 10.2 Å². The standard InChI is InChI=1S/C12H19N3OS/c1-9-5-6-10(13)8-11(9)17-7-3-2-4-12(16)15-14/h5-6,8H,2-4,7,13-14H2,1H3,(H,15,16). The molecule has 0 aromatic heterocycles. The summed E-state index contributed by atoms with van der Waals surface area (Å²) < 4.78 is 0. The van der Waals surface area contributed by atoms with Gasteiger partial charge < -0.3 is 5.73 Å². The first-order valence-corrected chi connectivity index (χ1v) is 6.60. The molecule has 0 saturated heterocycles. The Hall–Kier alpha value is -1.20. The molecule has 5 N–H and O–H groups in total. The van der Waals surface area contributed by atoms with Crippen molar-refractivity contribution >= 4 is 23.4 Å². The fourth-order valence-corrected chi connectivity index (χ4v) is 2.50. The van der Waals surface area contributed by atoms with Crippen molar-refractivity contribution in [2.45, 2.75) is 31.1 Å². The van der Waals surface area contributed by atoms with Gasteiger partial charge >= 0.3 is 0 Å². The lowest BCUT2D eigenvalue weighted by molar-refractivity contribution is -0.121. The van der Waals surface area contributed by atoms with Gasteiger partial charge in [0.2, 0.25) is 5.91 Å². The van der Waals surface area contributed by atoms with Gasteiger partial charge in [0, 0.05) is 17.0 Å². The number of rotatable bonds is 6. The molecule has 1 aromatic rings. The molecule has 1 amide bonds. The van der Waals surface area contributed by atoms with Crippen molar-refractivity contribution in [3.05, 3.63) is 23.8 Å². The highest BCUT2D eigenvalue weighted by molar-refractivity contribution is 7.99. The fraction of sp³-hybridized carbons (Fsp3) is 0.417. The van der Waals surface area contributed by atoms with Crippen molar-refractivity contribution in [2.75, 3.05) is 11.5 Å². The van der Waals surface area contributed by atoms with Crippen LogP contribution in [0.4, 0.5) is 5.69 Å². The molecule has 0 fully saturated rings. The van der Waals surface area contributed by atoms with Crippen LogP contribution in [0.2, 0.25) is 0 Å². The number of amides is 1. The predicted molar refractivity (Wildman–Crippen MR) is 72.5 cm³/mol. The van der Waals surface area contributed by atoms with Crippen molar-refractivity contribution in [1.82, 2.24) is 5.43 Å². The molecule has 0 heterocycles. The number of hydrogen-bond donors (Lipinski definition) is 3. The summed E-state index contributed by atoms with van der Waals surface area (Å²) >= 11 is 1.78. The first kappa shape index (κ1) is 13.9. The summed E-state index contributed by atoms with van der Waals surface area (Å²) in [4.78, 5) is 12.1. The lowest BCUT2D eigenvalue weighted by Crippen LogP contribution is -2.29. The van der Waals surface area contributed by atoms with Crippen molar-refractivity contribution in [2.24, 2.45) is 5.84 Å². The first-order chi connectivity index (χ1) is 8.13. The van der Waals surface area contributed by atoms with Crippen LogP contribution < -0.4 is 17.0 Å². The van der Waals surface area contributed by atoms with E-state index >= 15 is 0 Å². The molecule has 0 atom stereocenters. The molecule has 0 aliphatic rings. The zero-order chi connectivity index (χ0) is 12.7. The van der Waals surface area contributed by atoms with Crippen molar-refractivity contribution in [1.29, 1.82) is 0 Å². The van der Waals surface area contributed by atoms with Crippen LogP contribution in [0.3, 0.4) is 0 Å². The summed E-state index contributed by atoms with van der Waals surface area (Å²) in [7, 11) is 0. The Bertz CT molecular complexity index is 382. The molecule has 1 rings (SSSR count). The smallest absolute Gasteiger partial charge is 0.233 e. The van der Waals surface area contributed by atoms with Gasteiger partial charge in [0.1, 0.15) is 0 Å². The van der Waals surface area contributed by atoms with E-state index in [1.165, 1.54) is 10.5 Å². The van der Waals surface area contributed by atoms with E-state index in [0.29, 0.717) is 6.42 Å². The summed E-state index contributed by atoms with van der Waals surface area (Å²) in [6.07, 6.45) is 2.34. The number of hydrazine groups is 1. The number of nitrogens with two attached hydrogens (primary N) is 2. The first-order valence-electron chi connectivity index (χ1n) is 5.62. The van der Waals surface area contributed by atoms with Crippen LogP contribution in [-0.2, 0) is 4.79 Å². The summed E-state index contributed by atoms with van der Waals surface area (Å²) in [5.41, 5.74) is 9.90. The van der Waals surface area contributed by atoms with Crippen LogP contribution in [0.1, 0.15) is 24.8 Å². The van der Waals surface area contributed by atoms with Crippen LogP contribution in [0.15, 0.2) is 23.1 Å². The monoisotopic (exact) mass is 253 g/mol. The molecule has 0 aliphatic heterocycles. The fourth-order valence-electron chi connectivity index (χ4n) is 1.41. The highest BCUT2D eigenvalue weighted by atomic mass is 32.2. The Morgan fingerprint density at radius 2 is 2.18 bits per heavy atom. The van der Waals surface area contributed by atoms with E-state index in [2.05, 4.69) is 12.3 Å². The van der Waals surface area contributed by atoms with Crippen molar-refractivity contribution in [3.8, 4) is 0 Å². The van der Waals surface area contributed by atoms with Crippen molar-refractivity contribution < 1.29 is 4.79 Å². The largest absolute Gasteiger partial charge is 0.399 e. The van der Waals surface area contributed by atoms with E-state index in [0.717, 1.165) is 24.3 Å². The summed E-state index contributed by atoms with van der Waals surface area (Å²) in [5.74, 6) is 5.88. The van der Waals surface area contributed by atoms with E-state index in [9.17, 15) is 4.79 Å². The van der Waals surface area contributed by atoms with Gasteiger partial charge in [-0.2, -0.15) is 0 Å². The van der Waals surface area contributed by atoms with Gasteiger partial charge in [-0.25, -0.2) is 5.84 Å². The molecule has 4 nitrogen and oxygen atoms in total. The third-order valence-electron chi connectivity index (χ3n) is 2.43. The quantitative estimate of drug-likeness (QED) is 0.180. The topological polar surface area (TPSA) is 81.1 Å². The zero-order valence-electron chi connectivity index (χ0n) is 10.0. The number of benzene rings is 1. The Balaban J connectivity index is 2.26. The van der Waals surface area contributed by atoms with Gasteiger partial charge in [-0.1, -0.05) is 6.07 Å². The summed E-state index contributed by atoms with van der Waals surface area (Å²) in [6, 6.07) is 5.93. The second kappa shape index (κ2) is 7.19. The summed E-state index contributed by atoms with van der Waals surface area (Å²) in [5, 5.41) is 0. The number of unbranched alkanes of at least 4 members (excludes halogenated alkanes) is 1. The second-order valence-corrected chi connectivity index (χ2v) is 5.03. The highest BCUT2D eigenvalue weighted by Gasteiger charge is 2.01. The maximum atomic E-state index is 10.9. The van der Waals surface area contributed by atoms with Gasteiger partial charge in [-0.05, 0) is 43.2 Å². The van der Waals surface area contributed by atoms with Crippen LogP contribution in [0.5, 0.6) is 0 Å². The van der Waals surface area contributed by atoms with Gasteiger partial charge in [0.15, 0.2) is 0 Å². The lowest BCUT2D eigenvalue weighted by Gasteiger charge is -2.06. The molecule has 1 aromatic carbocycles. The number of thioether (sulfide) groups is 1. The summed E-state index contributed by atoms with van der Waals surface area (Å²) in [6.45, 7) is 2.07. The number of aryl methyl sites for hydroxylation is 1. The SMILES string of the molecule is Cc1ccc(N)cc1SCCCCC(=O)NN. The molecular formula is C12H19N3OS. The van der Waals surface area contributed by atoms with E-state index in [1.807, 2.05) is 18.2 Å². The molecule has 0 aliphatic carbocycles. The normalized spacial score (nSPS) is 10.2. The zero-order valence-corrected chi connectivity index (χ0v) is 10.8. The lowest BCUT2D eigenvalue weighted by atomic mass is 10.2. The van der Waals surface area contributed by atoms with Crippen LogP contribution in [0.25, 0.3) is 0 Å². The van der Waals surface area contributed by atoms with Crippen LogP contribution in [0, 0.1) is 6.92 Å². The Kier molecular flexibility index (Phi) is 5.86. The maximum Gasteiger partial charge on any atom is 0.233 e. The number of carbonyl (C=O) groups is 1.